The third-order valence-corrected chi connectivity index (χ3v) is 1.60. The topological polar surface area (TPSA) is 170 Å². The first kappa shape index (κ1) is 9.76. The van der Waals surface area contributed by atoms with E-state index >= 15 is 0 Å². The lowest BCUT2D eigenvalue weighted by Gasteiger charge is -2.01. The van der Waals surface area contributed by atoms with Gasteiger partial charge in [0.25, 0.3) is 5.95 Å². The maximum atomic E-state index is 5.55. The molecule has 0 aliphatic rings. The first-order valence-electron chi connectivity index (χ1n) is 4.12. The molecule has 10 nitrogen and oxygen atoms in total. The smallest absolute Gasteiger partial charge is 0.264 e. The number of nitrogens with one attached hydrogen (secondary N) is 1. The zero-order chi connectivity index (χ0) is 11.5. The summed E-state index contributed by atoms with van der Waals surface area (Å²) in [6, 6.07) is 0. The fourth-order valence-corrected chi connectivity index (χ4v) is 0.956. The van der Waals surface area contributed by atoms with E-state index in [1.54, 1.807) is 0 Å². The summed E-state index contributed by atoms with van der Waals surface area (Å²) < 4.78 is 0. The van der Waals surface area contributed by atoms with Gasteiger partial charge >= 0.3 is 0 Å². The zero-order valence-corrected chi connectivity index (χ0v) is 7.99. The van der Waals surface area contributed by atoms with E-state index in [-0.39, 0.29) is 29.2 Å². The van der Waals surface area contributed by atoms with Gasteiger partial charge in [-0.1, -0.05) is 0 Å². The Balaban J connectivity index is 2.35. The number of aromatic nitrogens is 5. The molecular formula is C6H8N10. The Morgan fingerprint density at radius 2 is 1.75 bits per heavy atom. The van der Waals surface area contributed by atoms with Gasteiger partial charge in [0.1, 0.15) is 6.33 Å². The van der Waals surface area contributed by atoms with E-state index in [0.29, 0.717) is 0 Å². The van der Waals surface area contributed by atoms with E-state index in [1.807, 2.05) is 0 Å². The second-order valence-electron chi connectivity index (χ2n) is 2.71. The zero-order valence-electron chi connectivity index (χ0n) is 7.99. The highest BCUT2D eigenvalue weighted by molar-refractivity contribution is 5.71. The van der Waals surface area contributed by atoms with Crippen LogP contribution in [0.4, 0.5) is 29.2 Å². The van der Waals surface area contributed by atoms with Crippen LogP contribution in [0, 0.1) is 0 Å². The van der Waals surface area contributed by atoms with Gasteiger partial charge in [0, 0.05) is 0 Å². The minimum absolute atomic E-state index is 0.0198. The van der Waals surface area contributed by atoms with Crippen molar-refractivity contribution in [3.63, 3.8) is 0 Å². The summed E-state index contributed by atoms with van der Waals surface area (Å²) in [7, 11) is 0. The van der Waals surface area contributed by atoms with Crippen molar-refractivity contribution in [2.45, 2.75) is 0 Å². The van der Waals surface area contributed by atoms with Gasteiger partial charge in [-0.25, -0.2) is 5.10 Å². The van der Waals surface area contributed by atoms with E-state index in [2.05, 4.69) is 35.4 Å². The van der Waals surface area contributed by atoms with E-state index in [9.17, 15) is 0 Å². The van der Waals surface area contributed by atoms with E-state index in [4.69, 9.17) is 17.2 Å². The van der Waals surface area contributed by atoms with Crippen LogP contribution in [0.3, 0.4) is 0 Å². The second-order valence-corrected chi connectivity index (χ2v) is 2.71. The van der Waals surface area contributed by atoms with Gasteiger partial charge in [-0.15, -0.1) is 10.2 Å². The van der Waals surface area contributed by atoms with E-state index < -0.39 is 0 Å². The Hall–Kier alpha value is -2.78. The number of aromatic amines is 1. The predicted molar refractivity (Wildman–Crippen MR) is 55.8 cm³/mol. The molecule has 0 aliphatic carbocycles. The van der Waals surface area contributed by atoms with Crippen molar-refractivity contribution in [1.29, 1.82) is 0 Å². The highest BCUT2D eigenvalue weighted by Gasteiger charge is 2.07. The minimum Gasteiger partial charge on any atom is -0.382 e. The van der Waals surface area contributed by atoms with Crippen LogP contribution in [0.1, 0.15) is 0 Å². The third kappa shape index (κ3) is 1.84. The molecule has 16 heavy (non-hydrogen) atoms. The molecule has 2 aromatic rings. The molecule has 0 unspecified atom stereocenters. The first-order chi connectivity index (χ1) is 7.66. The van der Waals surface area contributed by atoms with Crippen molar-refractivity contribution in [3.8, 4) is 0 Å². The molecule has 0 saturated heterocycles. The molecule has 0 amide bonds. The van der Waals surface area contributed by atoms with Crippen LogP contribution in [0.5, 0.6) is 0 Å². The number of nitrogens with two attached hydrogens (primary N) is 3. The van der Waals surface area contributed by atoms with E-state index in [1.165, 1.54) is 6.33 Å². The summed E-state index contributed by atoms with van der Waals surface area (Å²) in [5.74, 6) is 0.297. The lowest BCUT2D eigenvalue weighted by atomic mass is 10.4. The Labute approximate surface area is 89.0 Å². The minimum atomic E-state index is -0.0198. The highest BCUT2D eigenvalue weighted by Crippen LogP contribution is 2.27. The van der Waals surface area contributed by atoms with Gasteiger partial charge in [-0.05, 0) is 0 Å². The summed E-state index contributed by atoms with van der Waals surface area (Å²) in [4.78, 5) is 11.1. The molecule has 0 atom stereocenters. The van der Waals surface area contributed by atoms with Crippen molar-refractivity contribution in [1.82, 2.24) is 25.1 Å². The Kier molecular flexibility index (Phi) is 2.30. The van der Waals surface area contributed by atoms with Crippen molar-refractivity contribution in [3.05, 3.63) is 6.33 Å². The summed E-state index contributed by atoms with van der Waals surface area (Å²) in [6.07, 6.45) is 1.29. The standard InChI is InChI=1S/C6H8N10/c7-3-2(4(8)13-5(9)12-3)14-16-6-10-1-11-15-6/h1H,(H,10,11,15)(H6,7,8,9,12,13). The molecule has 0 aliphatic heterocycles. The number of nitrogens with zero attached hydrogens (tertiary/aromatic N) is 6. The Bertz CT molecular complexity index is 491. The molecule has 2 heterocycles. The molecule has 0 spiro atoms. The number of anilines is 3. The summed E-state index contributed by atoms with van der Waals surface area (Å²) >= 11 is 0. The Morgan fingerprint density at radius 3 is 2.31 bits per heavy atom. The van der Waals surface area contributed by atoms with E-state index in [0.717, 1.165) is 0 Å². The van der Waals surface area contributed by atoms with Gasteiger partial charge in [-0.2, -0.15) is 20.1 Å². The number of H-pyrrole nitrogens is 1. The molecule has 10 heteroatoms. The normalized spacial score (nSPS) is 11.0. The molecular weight excluding hydrogens is 212 g/mol. The predicted octanol–water partition coefficient (Wildman–Crippen LogP) is -0.243. The largest absolute Gasteiger partial charge is 0.382 e. The quantitative estimate of drug-likeness (QED) is 0.505. The van der Waals surface area contributed by atoms with Crippen molar-refractivity contribution < 1.29 is 0 Å². The first-order valence-corrected chi connectivity index (χ1v) is 4.12. The van der Waals surface area contributed by atoms with Gasteiger partial charge in [0.2, 0.25) is 5.95 Å². The number of azo groups is 1. The fourth-order valence-electron chi connectivity index (χ4n) is 0.956. The molecule has 82 valence electrons. The molecule has 2 rings (SSSR count). The maximum absolute atomic E-state index is 5.55. The number of hydrogen-bond donors (Lipinski definition) is 4. The summed E-state index contributed by atoms with van der Waals surface area (Å²) in [6.45, 7) is 0. The lowest BCUT2D eigenvalue weighted by molar-refractivity contribution is 1.05. The summed E-state index contributed by atoms with van der Waals surface area (Å²) in [5, 5.41) is 13.5. The van der Waals surface area contributed by atoms with Crippen LogP contribution in [-0.4, -0.2) is 25.1 Å². The number of nitrogen functional groups attached to an aromatic ring is 3. The highest BCUT2D eigenvalue weighted by atomic mass is 15.3. The monoisotopic (exact) mass is 220 g/mol. The molecule has 0 radical (unpaired) electrons. The Morgan fingerprint density at radius 1 is 1.06 bits per heavy atom. The van der Waals surface area contributed by atoms with Crippen LogP contribution < -0.4 is 17.2 Å². The van der Waals surface area contributed by atoms with Gasteiger partial charge < -0.3 is 17.2 Å². The molecule has 2 aromatic heterocycles. The van der Waals surface area contributed by atoms with Crippen molar-refractivity contribution in [2.75, 3.05) is 17.2 Å². The second kappa shape index (κ2) is 3.76. The van der Waals surface area contributed by atoms with Crippen LogP contribution >= 0.6 is 0 Å². The van der Waals surface area contributed by atoms with Crippen LogP contribution in [0.25, 0.3) is 0 Å². The molecule has 0 bridgehead atoms. The van der Waals surface area contributed by atoms with Gasteiger partial charge in [0.15, 0.2) is 17.3 Å². The maximum Gasteiger partial charge on any atom is 0.264 e. The molecule has 7 N–H and O–H groups in total. The summed E-state index contributed by atoms with van der Waals surface area (Å²) in [5.41, 5.74) is 16.6. The number of rotatable bonds is 2. The van der Waals surface area contributed by atoms with Crippen LogP contribution in [0.15, 0.2) is 16.6 Å². The van der Waals surface area contributed by atoms with Crippen LogP contribution in [-0.2, 0) is 0 Å². The fraction of sp³-hybridized carbons (Fsp3) is 0. The molecule has 0 aromatic carbocycles. The number of hydrogen-bond acceptors (Lipinski definition) is 9. The average molecular weight is 220 g/mol. The SMILES string of the molecule is Nc1nc(N)c(N=Nc2ncn[nH]2)c(N)n1. The molecule has 0 saturated carbocycles. The average Bonchev–Trinajstić information content (AvgIpc) is 2.68. The van der Waals surface area contributed by atoms with Gasteiger partial charge in [-0.3, -0.25) is 0 Å². The molecule has 0 fully saturated rings. The van der Waals surface area contributed by atoms with Crippen molar-refractivity contribution >= 4 is 29.2 Å². The lowest BCUT2D eigenvalue weighted by Crippen LogP contribution is -2.03. The van der Waals surface area contributed by atoms with Crippen molar-refractivity contribution in [2.24, 2.45) is 10.2 Å². The van der Waals surface area contributed by atoms with Gasteiger partial charge in [0.05, 0.1) is 0 Å². The van der Waals surface area contributed by atoms with Crippen LogP contribution in [0.2, 0.25) is 0 Å². The third-order valence-electron chi connectivity index (χ3n) is 1.60.